The molecule has 0 radical (unpaired) electrons. The molecule has 2 aromatic heterocycles. The van der Waals surface area contributed by atoms with E-state index in [2.05, 4.69) is 68.6 Å². The van der Waals surface area contributed by atoms with E-state index in [0.29, 0.717) is 26.2 Å². The molecule has 2 aliphatic rings. The SMILES string of the molecule is C#C.CC(C)(OC(=O)N1CCNCC1)C(F)(F)F.C[C@H](C1=Cc2cccnc2Cc2ccc(Cl)cc21)c1cncn1C. The van der Waals surface area contributed by atoms with Crippen LogP contribution in [0, 0.1) is 12.8 Å². The van der Waals surface area contributed by atoms with E-state index >= 15 is 0 Å². The summed E-state index contributed by atoms with van der Waals surface area (Å²) in [6, 6.07) is 10.3. The Hall–Kier alpha value is -3.81. The lowest BCUT2D eigenvalue weighted by molar-refractivity contribution is -0.246. The number of ether oxygens (including phenoxy) is 1. The van der Waals surface area contributed by atoms with Crippen LogP contribution < -0.4 is 5.32 Å². The number of benzene rings is 1. The van der Waals surface area contributed by atoms with Crippen molar-refractivity contribution in [2.24, 2.45) is 7.05 Å². The first-order valence-corrected chi connectivity index (χ1v) is 13.7. The number of imidazole rings is 1. The number of pyridine rings is 1. The predicted molar refractivity (Wildman–Crippen MR) is 159 cm³/mol. The zero-order valence-electron chi connectivity index (χ0n) is 24.1. The second-order valence-electron chi connectivity index (χ2n) is 10.4. The Labute approximate surface area is 249 Å². The van der Waals surface area contributed by atoms with Gasteiger partial charge in [0.05, 0.1) is 12.0 Å². The van der Waals surface area contributed by atoms with Crippen LogP contribution in [-0.2, 0) is 18.2 Å². The number of carbonyl (C=O) groups is 1. The van der Waals surface area contributed by atoms with Gasteiger partial charge in [0.25, 0.3) is 0 Å². The van der Waals surface area contributed by atoms with Crippen molar-refractivity contribution in [2.45, 2.75) is 44.9 Å². The van der Waals surface area contributed by atoms with E-state index in [4.69, 9.17) is 11.6 Å². The molecule has 1 aliphatic carbocycles. The summed E-state index contributed by atoms with van der Waals surface area (Å²) < 4.78 is 43.9. The number of rotatable bonds is 3. The second-order valence-corrected chi connectivity index (χ2v) is 10.8. The highest BCUT2D eigenvalue weighted by atomic mass is 35.5. The van der Waals surface area contributed by atoms with Gasteiger partial charge in [-0.2, -0.15) is 13.2 Å². The molecule has 1 saturated heterocycles. The minimum absolute atomic E-state index is 0.209. The molecule has 11 heteroatoms. The van der Waals surface area contributed by atoms with Crippen molar-refractivity contribution in [3.8, 4) is 12.8 Å². The number of halogens is 4. The number of hydrogen-bond donors (Lipinski definition) is 1. The van der Waals surface area contributed by atoms with E-state index in [1.54, 1.807) is 0 Å². The Morgan fingerprint density at radius 3 is 2.48 bits per heavy atom. The Kier molecular flexibility index (Phi) is 10.8. The molecule has 0 saturated carbocycles. The van der Waals surface area contributed by atoms with E-state index < -0.39 is 17.9 Å². The second kappa shape index (κ2) is 13.9. The lowest BCUT2D eigenvalue weighted by Gasteiger charge is -2.32. The number of carbonyl (C=O) groups excluding carboxylic acids is 1. The summed E-state index contributed by atoms with van der Waals surface area (Å²) in [5.74, 6) is 0.209. The first-order chi connectivity index (χ1) is 19.9. The smallest absolute Gasteiger partial charge is 0.427 e. The van der Waals surface area contributed by atoms with Crippen molar-refractivity contribution in [3.63, 3.8) is 0 Å². The molecule has 1 amide bonds. The molecule has 5 rings (SSSR count). The van der Waals surface area contributed by atoms with Crippen molar-refractivity contribution in [1.29, 1.82) is 0 Å². The summed E-state index contributed by atoms with van der Waals surface area (Å²) in [6.45, 7) is 5.78. The molecular weight excluding hydrogens is 567 g/mol. The fourth-order valence-corrected chi connectivity index (χ4v) is 4.79. The number of amides is 1. The molecule has 224 valence electrons. The minimum atomic E-state index is -4.56. The van der Waals surface area contributed by atoms with Gasteiger partial charge in [0.1, 0.15) is 0 Å². The van der Waals surface area contributed by atoms with Crippen LogP contribution in [0.4, 0.5) is 18.0 Å². The third-order valence-electron chi connectivity index (χ3n) is 7.14. The minimum Gasteiger partial charge on any atom is -0.434 e. The van der Waals surface area contributed by atoms with E-state index in [9.17, 15) is 18.0 Å². The van der Waals surface area contributed by atoms with E-state index in [-0.39, 0.29) is 5.92 Å². The van der Waals surface area contributed by atoms with Gasteiger partial charge in [-0.3, -0.25) is 4.98 Å². The van der Waals surface area contributed by atoms with E-state index in [1.807, 2.05) is 37.9 Å². The highest BCUT2D eigenvalue weighted by molar-refractivity contribution is 6.30. The third kappa shape index (κ3) is 7.72. The molecule has 42 heavy (non-hydrogen) atoms. The first-order valence-electron chi connectivity index (χ1n) is 13.4. The van der Waals surface area contributed by atoms with Crippen molar-refractivity contribution in [3.05, 3.63) is 82.2 Å². The van der Waals surface area contributed by atoms with Crippen LogP contribution in [0.15, 0.2) is 49.1 Å². The summed E-state index contributed by atoms with van der Waals surface area (Å²) in [4.78, 5) is 21.6. The Bertz CT molecular complexity index is 1430. The van der Waals surface area contributed by atoms with E-state index in [0.717, 1.165) is 31.0 Å². The maximum Gasteiger partial charge on any atom is 0.427 e. The summed E-state index contributed by atoms with van der Waals surface area (Å²) in [6.07, 6.45) is 11.2. The van der Waals surface area contributed by atoms with Crippen LogP contribution in [0.25, 0.3) is 11.6 Å². The third-order valence-corrected chi connectivity index (χ3v) is 7.38. The molecule has 0 bridgehead atoms. The van der Waals surface area contributed by atoms with E-state index in [1.165, 1.54) is 32.9 Å². The van der Waals surface area contributed by atoms with Crippen LogP contribution in [0.5, 0.6) is 0 Å². The number of allylic oxidation sites excluding steroid dienone is 1. The highest BCUT2D eigenvalue weighted by Crippen LogP contribution is 2.39. The number of nitrogens with zero attached hydrogens (tertiary/aromatic N) is 4. The lowest BCUT2D eigenvalue weighted by atomic mass is 9.88. The predicted octanol–water partition coefficient (Wildman–Crippen LogP) is 6.34. The molecule has 0 spiro atoms. The number of aromatic nitrogens is 3. The molecule has 0 unspecified atom stereocenters. The van der Waals surface area contributed by atoms with Gasteiger partial charge in [0.15, 0.2) is 0 Å². The van der Waals surface area contributed by atoms with Gasteiger partial charge in [-0.15, -0.1) is 12.8 Å². The molecule has 1 aliphatic heterocycles. The average Bonchev–Trinajstić information content (AvgIpc) is 3.32. The van der Waals surface area contributed by atoms with Gasteiger partial charge >= 0.3 is 12.3 Å². The van der Waals surface area contributed by atoms with Crippen LogP contribution in [0.2, 0.25) is 5.02 Å². The van der Waals surface area contributed by atoms with Gasteiger partial charge in [0.2, 0.25) is 5.60 Å². The quantitative estimate of drug-likeness (QED) is 0.355. The number of hydrogen-bond acceptors (Lipinski definition) is 5. The van der Waals surface area contributed by atoms with Crippen LogP contribution in [-0.4, -0.2) is 63.5 Å². The molecule has 1 aromatic carbocycles. The number of nitrogens with one attached hydrogen (secondary N) is 1. The first kappa shape index (κ1) is 32.7. The van der Waals surface area contributed by atoms with Crippen molar-refractivity contribution in [2.75, 3.05) is 26.2 Å². The molecule has 7 nitrogen and oxygen atoms in total. The average molecular weight is 602 g/mol. The van der Waals surface area contributed by atoms with Crippen molar-refractivity contribution >= 4 is 29.3 Å². The molecule has 3 heterocycles. The Balaban J connectivity index is 0.000000235. The van der Waals surface area contributed by atoms with Crippen molar-refractivity contribution < 1.29 is 22.7 Å². The zero-order valence-corrected chi connectivity index (χ0v) is 24.8. The summed E-state index contributed by atoms with van der Waals surface area (Å²) in [7, 11) is 2.03. The fraction of sp³-hybridized carbons (Fsp3) is 0.387. The van der Waals surface area contributed by atoms with Gasteiger partial charge in [-0.25, -0.2) is 9.78 Å². The zero-order chi connectivity index (χ0) is 31.1. The maximum atomic E-state index is 12.5. The number of alkyl halides is 3. The standard InChI is InChI=1S/C20H18ClN3.C9H15F3N2O2.C2H2/c1-13(20-11-22-12-24(20)2)17-8-15-4-3-7-23-19(15)9-14-5-6-16(21)10-18(14)17;1-8(2,9(10,11)12)16-7(15)14-5-3-13-4-6-14;1-2/h3-8,10-13H,9H2,1-2H3;13H,3-6H2,1-2H3;1-2H/t13-;;/m1../s1. The van der Waals surface area contributed by atoms with Crippen LogP contribution >= 0.6 is 11.6 Å². The van der Waals surface area contributed by atoms with Crippen LogP contribution in [0.1, 0.15) is 54.8 Å². The maximum absolute atomic E-state index is 12.5. The molecule has 1 atom stereocenters. The highest BCUT2D eigenvalue weighted by Gasteiger charge is 2.51. The molecule has 3 aromatic rings. The summed E-state index contributed by atoms with van der Waals surface area (Å²) in [5, 5.41) is 3.75. The Morgan fingerprint density at radius 2 is 1.86 bits per heavy atom. The molecule has 1 fully saturated rings. The Morgan fingerprint density at radius 1 is 1.17 bits per heavy atom. The molecule has 1 N–H and O–H groups in total. The fourth-order valence-electron chi connectivity index (χ4n) is 4.62. The topological polar surface area (TPSA) is 72.3 Å². The lowest BCUT2D eigenvalue weighted by Crippen LogP contribution is -2.51. The van der Waals surface area contributed by atoms with Crippen molar-refractivity contribution in [1.82, 2.24) is 24.8 Å². The monoisotopic (exact) mass is 601 g/mol. The number of fused-ring (bicyclic) bond motifs is 2. The summed E-state index contributed by atoms with van der Waals surface area (Å²) in [5.41, 5.74) is 4.73. The summed E-state index contributed by atoms with van der Waals surface area (Å²) >= 11 is 6.31. The normalized spacial score (nSPS) is 15.3. The largest absolute Gasteiger partial charge is 0.434 e. The van der Waals surface area contributed by atoms with Gasteiger partial charge < -0.3 is 19.5 Å². The number of terminal acetylenes is 1. The van der Waals surface area contributed by atoms with Crippen LogP contribution in [0.3, 0.4) is 0 Å². The number of aryl methyl sites for hydroxylation is 1. The number of piperazine rings is 1. The van der Waals surface area contributed by atoms with Gasteiger partial charge in [0, 0.05) is 68.7 Å². The molecular formula is C31H35ClF3N5O2. The van der Waals surface area contributed by atoms with Gasteiger partial charge in [-0.05, 0) is 60.4 Å². The van der Waals surface area contributed by atoms with Gasteiger partial charge in [-0.1, -0.05) is 30.7 Å².